The van der Waals surface area contributed by atoms with E-state index in [0.717, 1.165) is 6.08 Å². The Labute approximate surface area is 168 Å². The van der Waals surface area contributed by atoms with Gasteiger partial charge in [-0.2, -0.15) is 0 Å². The normalized spacial score (nSPS) is 10.3. The average molecular weight is 398 g/mol. The van der Waals surface area contributed by atoms with Crippen LogP contribution in [0.1, 0.15) is 34.6 Å². The summed E-state index contributed by atoms with van der Waals surface area (Å²) in [5.41, 5.74) is 0.409. The summed E-state index contributed by atoms with van der Waals surface area (Å²) >= 11 is 0. The fourth-order valence-corrected chi connectivity index (χ4v) is 1.85. The number of aliphatic hydroxyl groups is 1. The van der Waals surface area contributed by atoms with Gasteiger partial charge in [0.05, 0.1) is 11.1 Å². The maximum absolute atomic E-state index is 12.0. The van der Waals surface area contributed by atoms with E-state index in [1.165, 1.54) is 54.6 Å². The number of rotatable bonds is 5. The molecule has 0 aliphatic carbocycles. The van der Waals surface area contributed by atoms with E-state index in [-0.39, 0.29) is 29.2 Å². The quantitative estimate of drug-likeness (QED) is 0.261. The number of aromatic hydroxyl groups is 1. The maximum Gasteiger partial charge on any atom is 0.346 e. The molecule has 2 aromatic carbocycles. The number of phenolic OH excluding ortho intramolecular Hbond substituents is 1. The molecule has 7 heteroatoms. The third kappa shape index (κ3) is 8.68. The van der Waals surface area contributed by atoms with E-state index in [2.05, 4.69) is 4.74 Å². The molecule has 0 atom stereocenters. The number of ether oxygens (including phenoxy) is 2. The van der Waals surface area contributed by atoms with Crippen LogP contribution >= 0.6 is 0 Å². The lowest BCUT2D eigenvalue weighted by Gasteiger charge is -2.05. The summed E-state index contributed by atoms with van der Waals surface area (Å²) in [6, 6.07) is 11.2. The van der Waals surface area contributed by atoms with E-state index in [1.807, 2.05) is 0 Å². The zero-order valence-electron chi connectivity index (χ0n) is 16.1. The highest BCUT2D eigenvalue weighted by Crippen LogP contribution is 2.16. The van der Waals surface area contributed by atoms with Crippen LogP contribution in [0.3, 0.4) is 0 Å². The van der Waals surface area contributed by atoms with Crippen molar-refractivity contribution in [3.8, 4) is 11.5 Å². The van der Waals surface area contributed by atoms with Gasteiger partial charge in [-0.15, -0.1) is 0 Å². The van der Waals surface area contributed by atoms with Crippen LogP contribution in [0.15, 0.2) is 72.8 Å². The Kier molecular flexibility index (Phi) is 10.2. The first-order chi connectivity index (χ1) is 13.9. The van der Waals surface area contributed by atoms with E-state index in [1.54, 1.807) is 26.0 Å². The number of benzene rings is 2. The van der Waals surface area contributed by atoms with E-state index in [9.17, 15) is 19.5 Å². The van der Waals surface area contributed by atoms with Crippen molar-refractivity contribution in [2.45, 2.75) is 13.8 Å². The molecule has 152 valence electrons. The molecule has 7 nitrogen and oxygen atoms in total. The van der Waals surface area contributed by atoms with Gasteiger partial charge in [0.15, 0.2) is 0 Å². The Morgan fingerprint density at radius 2 is 1.41 bits per heavy atom. The van der Waals surface area contributed by atoms with Gasteiger partial charge in [-0.1, -0.05) is 18.2 Å². The Morgan fingerprint density at radius 3 is 1.97 bits per heavy atom. The van der Waals surface area contributed by atoms with Crippen molar-refractivity contribution in [1.29, 1.82) is 0 Å². The van der Waals surface area contributed by atoms with E-state index < -0.39 is 17.9 Å². The minimum absolute atomic E-state index is 0.0412. The summed E-state index contributed by atoms with van der Waals surface area (Å²) in [5, 5.41) is 16.8. The van der Waals surface area contributed by atoms with Crippen LogP contribution in [0, 0.1) is 0 Å². The van der Waals surface area contributed by atoms with Gasteiger partial charge in [0.2, 0.25) is 0 Å². The number of carbonyl (C=O) groups excluding carboxylic acids is 3. The predicted octanol–water partition coefficient (Wildman–Crippen LogP) is 3.43. The number of aliphatic hydroxyl groups excluding tert-OH is 1. The summed E-state index contributed by atoms with van der Waals surface area (Å²) < 4.78 is 9.82. The van der Waals surface area contributed by atoms with Crippen LogP contribution in [0.4, 0.5) is 0 Å². The molecule has 0 aromatic heterocycles. The molecule has 0 heterocycles. The van der Waals surface area contributed by atoms with Crippen molar-refractivity contribution in [2.24, 2.45) is 0 Å². The molecule has 0 fully saturated rings. The third-order valence-corrected chi connectivity index (χ3v) is 3.13. The van der Waals surface area contributed by atoms with Crippen LogP contribution in [0.25, 0.3) is 0 Å². The molecule has 0 amide bonds. The zero-order chi connectivity index (χ0) is 21.6. The molecule has 29 heavy (non-hydrogen) atoms. The molecule has 0 radical (unpaired) electrons. The highest BCUT2D eigenvalue weighted by Gasteiger charge is 2.12. The summed E-state index contributed by atoms with van der Waals surface area (Å²) in [4.78, 5) is 35.3. The van der Waals surface area contributed by atoms with Gasteiger partial charge in [-0.05, 0) is 62.4 Å². The molecule has 0 spiro atoms. The number of phenols is 1. The van der Waals surface area contributed by atoms with Crippen molar-refractivity contribution >= 4 is 17.9 Å². The average Bonchev–Trinajstić information content (AvgIpc) is 2.69. The lowest BCUT2D eigenvalue weighted by atomic mass is 10.2. The number of carbonyl (C=O) groups is 3. The van der Waals surface area contributed by atoms with Gasteiger partial charge in [0, 0.05) is 12.7 Å². The van der Waals surface area contributed by atoms with Gasteiger partial charge in [0.1, 0.15) is 11.5 Å². The number of hydrogen-bond donors (Lipinski definition) is 2. The van der Waals surface area contributed by atoms with Crippen molar-refractivity contribution in [1.82, 2.24) is 0 Å². The molecule has 0 aliphatic rings. The van der Waals surface area contributed by atoms with Crippen molar-refractivity contribution in [3.63, 3.8) is 0 Å². The number of allylic oxidation sites excluding steroid dienone is 3. The molecule has 2 N–H and O–H groups in total. The van der Waals surface area contributed by atoms with E-state index >= 15 is 0 Å². The Balaban J connectivity index is 0.00000132. The second-order valence-corrected chi connectivity index (χ2v) is 5.37. The summed E-state index contributed by atoms with van der Waals surface area (Å²) in [6.45, 7) is 3.72. The monoisotopic (exact) mass is 398 g/mol. The SMILES string of the molecule is CC=CC=CC(=O)OC(=O)c1ccc(OC(=O)c2ccc(O)cc2)cc1.CCO. The number of esters is 3. The molecule has 0 aliphatic heterocycles. The molecule has 0 saturated heterocycles. The Bertz CT molecular complexity index is 863. The van der Waals surface area contributed by atoms with Crippen LogP contribution in [0.2, 0.25) is 0 Å². The van der Waals surface area contributed by atoms with Crippen LogP contribution < -0.4 is 4.74 Å². The minimum Gasteiger partial charge on any atom is -0.508 e. The Morgan fingerprint density at radius 1 is 0.897 bits per heavy atom. The highest BCUT2D eigenvalue weighted by atomic mass is 16.6. The predicted molar refractivity (Wildman–Crippen MR) is 107 cm³/mol. The zero-order valence-corrected chi connectivity index (χ0v) is 16.1. The van der Waals surface area contributed by atoms with E-state index in [4.69, 9.17) is 9.84 Å². The lowest BCUT2D eigenvalue weighted by molar-refractivity contribution is -0.132. The molecule has 2 aromatic rings. The van der Waals surface area contributed by atoms with Gasteiger partial charge in [-0.3, -0.25) is 0 Å². The van der Waals surface area contributed by atoms with Gasteiger partial charge < -0.3 is 19.7 Å². The highest BCUT2D eigenvalue weighted by molar-refractivity contribution is 6.00. The second kappa shape index (κ2) is 12.6. The van der Waals surface area contributed by atoms with Crippen LogP contribution in [0.5, 0.6) is 11.5 Å². The minimum atomic E-state index is -0.809. The number of hydrogen-bond acceptors (Lipinski definition) is 7. The fourth-order valence-electron chi connectivity index (χ4n) is 1.85. The molecular formula is C22H22O7. The standard InChI is InChI=1S/C20H16O6.C2H6O/c1-2-3-4-5-18(22)26-20(24)15-8-12-17(13-9-15)25-19(23)14-6-10-16(21)11-7-14;1-2-3/h2-13,21H,1H3;3H,2H2,1H3. The van der Waals surface area contributed by atoms with Crippen LogP contribution in [-0.4, -0.2) is 34.7 Å². The van der Waals surface area contributed by atoms with Crippen molar-refractivity contribution in [2.75, 3.05) is 6.61 Å². The first-order valence-corrected chi connectivity index (χ1v) is 8.68. The lowest BCUT2D eigenvalue weighted by Crippen LogP contribution is -2.11. The third-order valence-electron chi connectivity index (χ3n) is 3.13. The van der Waals surface area contributed by atoms with Gasteiger partial charge in [0.25, 0.3) is 0 Å². The molecule has 0 bridgehead atoms. The van der Waals surface area contributed by atoms with E-state index in [0.29, 0.717) is 0 Å². The summed E-state index contributed by atoms with van der Waals surface area (Å²) in [5.74, 6) is -1.93. The molecule has 0 unspecified atom stereocenters. The maximum atomic E-state index is 12.0. The molecular weight excluding hydrogens is 376 g/mol. The fraction of sp³-hybridized carbons (Fsp3) is 0.136. The second-order valence-electron chi connectivity index (χ2n) is 5.37. The topological polar surface area (TPSA) is 110 Å². The molecule has 2 rings (SSSR count). The van der Waals surface area contributed by atoms with Crippen molar-refractivity contribution in [3.05, 3.63) is 84.0 Å². The molecule has 0 saturated carbocycles. The van der Waals surface area contributed by atoms with Crippen molar-refractivity contribution < 1.29 is 34.1 Å². The summed E-state index contributed by atoms with van der Waals surface area (Å²) in [6.07, 6.45) is 5.94. The Hall–Kier alpha value is -3.71. The van der Waals surface area contributed by atoms with Gasteiger partial charge >= 0.3 is 17.9 Å². The summed E-state index contributed by atoms with van der Waals surface area (Å²) in [7, 11) is 0. The largest absolute Gasteiger partial charge is 0.508 e. The first-order valence-electron chi connectivity index (χ1n) is 8.68. The van der Waals surface area contributed by atoms with Gasteiger partial charge in [-0.25, -0.2) is 14.4 Å². The smallest absolute Gasteiger partial charge is 0.346 e. The first kappa shape index (κ1) is 23.3. The van der Waals surface area contributed by atoms with Crippen LogP contribution in [-0.2, 0) is 9.53 Å².